The molecule has 0 heterocycles. The summed E-state index contributed by atoms with van der Waals surface area (Å²) in [5.74, 6) is 0. The van der Waals surface area contributed by atoms with Gasteiger partial charge in [0.25, 0.3) is 0 Å². The molecule has 0 amide bonds. The Bertz CT molecular complexity index is 122. The predicted molar refractivity (Wildman–Crippen MR) is 70.3 cm³/mol. The second kappa shape index (κ2) is 12.3. The Hall–Kier alpha value is 0.270. The molecule has 3 heteroatoms. The molecule has 0 unspecified atom stereocenters. The third-order valence-corrected chi connectivity index (χ3v) is 3.03. The molecule has 0 rings (SSSR count). The monoisotopic (exact) mass is 233 g/mol. The minimum absolute atomic E-state index is 0.209. The van der Waals surface area contributed by atoms with Crippen LogP contribution >= 0.6 is 12.8 Å². The summed E-state index contributed by atoms with van der Waals surface area (Å²) in [4.78, 5) is 0. The highest BCUT2D eigenvalue weighted by Gasteiger charge is 1.97. The largest absolute Gasteiger partial charge is 0.395 e. The number of thiol groups is 1. The van der Waals surface area contributed by atoms with E-state index in [1.807, 2.05) is 4.31 Å². The van der Waals surface area contributed by atoms with Gasteiger partial charge in [-0.25, -0.2) is 0 Å². The van der Waals surface area contributed by atoms with Crippen molar-refractivity contribution in [1.82, 2.24) is 4.31 Å². The van der Waals surface area contributed by atoms with Crippen molar-refractivity contribution in [2.75, 3.05) is 19.7 Å². The molecule has 15 heavy (non-hydrogen) atoms. The van der Waals surface area contributed by atoms with Crippen LogP contribution in [-0.2, 0) is 0 Å². The first-order valence-electron chi connectivity index (χ1n) is 6.36. The summed E-state index contributed by atoms with van der Waals surface area (Å²) in [5, 5.41) is 8.67. The van der Waals surface area contributed by atoms with E-state index in [0.29, 0.717) is 6.54 Å². The van der Waals surface area contributed by atoms with E-state index >= 15 is 0 Å². The number of hydrogen-bond acceptors (Lipinski definition) is 3. The Morgan fingerprint density at radius 3 is 1.93 bits per heavy atom. The lowest BCUT2D eigenvalue weighted by Crippen LogP contribution is -2.17. The fraction of sp³-hybridized carbons (Fsp3) is 1.00. The molecule has 0 aliphatic carbocycles. The smallest absolute Gasteiger partial charge is 0.0567 e. The van der Waals surface area contributed by atoms with Crippen LogP contribution in [0.3, 0.4) is 0 Å². The maximum Gasteiger partial charge on any atom is 0.0567 e. The Morgan fingerprint density at radius 1 is 0.867 bits per heavy atom. The highest BCUT2D eigenvalue weighted by Crippen LogP contribution is 2.09. The molecule has 0 saturated heterocycles. The molecule has 92 valence electrons. The standard InChI is InChI=1S/C12H27NOS/c1-2-3-4-5-6-7-8-9-10-13(15)11-12-14/h14-15H,2-12H2,1H3. The fourth-order valence-corrected chi connectivity index (χ4v) is 1.89. The van der Waals surface area contributed by atoms with Crippen molar-refractivity contribution in [1.29, 1.82) is 0 Å². The van der Waals surface area contributed by atoms with Crippen LogP contribution in [0.2, 0.25) is 0 Å². The average molecular weight is 233 g/mol. The number of aliphatic hydroxyl groups is 1. The highest BCUT2D eigenvalue weighted by atomic mass is 32.1. The zero-order chi connectivity index (χ0) is 11.4. The van der Waals surface area contributed by atoms with E-state index in [4.69, 9.17) is 5.11 Å². The van der Waals surface area contributed by atoms with Crippen molar-refractivity contribution in [3.63, 3.8) is 0 Å². The number of rotatable bonds is 11. The Morgan fingerprint density at radius 2 is 1.40 bits per heavy atom. The first-order valence-corrected chi connectivity index (χ1v) is 6.76. The number of hydrogen-bond donors (Lipinski definition) is 2. The summed E-state index contributed by atoms with van der Waals surface area (Å²) < 4.78 is 1.90. The van der Waals surface area contributed by atoms with Crippen LogP contribution in [0.1, 0.15) is 58.3 Å². The number of nitrogens with zero attached hydrogens (tertiary/aromatic N) is 1. The molecule has 0 saturated carbocycles. The van der Waals surface area contributed by atoms with Crippen molar-refractivity contribution in [2.45, 2.75) is 58.3 Å². The maximum absolute atomic E-state index is 8.67. The SMILES string of the molecule is CCCCCCCCCCN(S)CCO. The summed E-state index contributed by atoms with van der Waals surface area (Å²) in [6.07, 6.45) is 10.8. The minimum atomic E-state index is 0.209. The number of unbranched alkanes of at least 4 members (excludes halogenated alkanes) is 7. The van der Waals surface area contributed by atoms with Gasteiger partial charge >= 0.3 is 0 Å². The summed E-state index contributed by atoms with van der Waals surface area (Å²) >= 11 is 4.25. The van der Waals surface area contributed by atoms with Gasteiger partial charge in [0.15, 0.2) is 0 Å². The molecular weight excluding hydrogens is 206 g/mol. The molecule has 0 bridgehead atoms. The second-order valence-electron chi connectivity index (χ2n) is 4.15. The third kappa shape index (κ3) is 12.2. The molecule has 0 radical (unpaired) electrons. The zero-order valence-electron chi connectivity index (χ0n) is 10.1. The van der Waals surface area contributed by atoms with Gasteiger partial charge in [-0.15, -0.1) is 0 Å². The fourth-order valence-electron chi connectivity index (χ4n) is 1.66. The van der Waals surface area contributed by atoms with Gasteiger partial charge in [0.05, 0.1) is 6.61 Å². The van der Waals surface area contributed by atoms with Crippen LogP contribution in [0.25, 0.3) is 0 Å². The van der Waals surface area contributed by atoms with Gasteiger partial charge in [-0.2, -0.15) is 0 Å². The van der Waals surface area contributed by atoms with Crippen LogP contribution in [0.15, 0.2) is 0 Å². The van der Waals surface area contributed by atoms with Crippen molar-refractivity contribution in [3.05, 3.63) is 0 Å². The van der Waals surface area contributed by atoms with Crippen LogP contribution in [0.4, 0.5) is 0 Å². The maximum atomic E-state index is 8.67. The third-order valence-electron chi connectivity index (χ3n) is 2.63. The summed E-state index contributed by atoms with van der Waals surface area (Å²) in [6.45, 7) is 4.14. The molecule has 0 spiro atoms. The van der Waals surface area contributed by atoms with Gasteiger partial charge in [-0.3, -0.25) is 4.31 Å². The molecule has 0 fully saturated rings. The van der Waals surface area contributed by atoms with E-state index in [2.05, 4.69) is 19.7 Å². The van der Waals surface area contributed by atoms with Gasteiger partial charge in [0, 0.05) is 13.1 Å². The normalized spacial score (nSPS) is 11.2. The van der Waals surface area contributed by atoms with Crippen LogP contribution in [-0.4, -0.2) is 29.1 Å². The van der Waals surface area contributed by atoms with E-state index in [1.54, 1.807) is 0 Å². The van der Waals surface area contributed by atoms with Gasteiger partial charge in [0.1, 0.15) is 0 Å². The van der Waals surface area contributed by atoms with Gasteiger partial charge in [-0.05, 0) is 6.42 Å². The Labute approximate surface area is 101 Å². The first kappa shape index (κ1) is 15.3. The lowest BCUT2D eigenvalue weighted by atomic mass is 10.1. The second-order valence-corrected chi connectivity index (χ2v) is 4.72. The molecule has 0 aromatic heterocycles. The average Bonchev–Trinajstić information content (AvgIpc) is 2.22. The van der Waals surface area contributed by atoms with E-state index in [9.17, 15) is 0 Å². The molecular formula is C12H27NOS. The molecule has 0 atom stereocenters. The van der Waals surface area contributed by atoms with Crippen molar-refractivity contribution < 1.29 is 5.11 Å². The molecule has 1 N–H and O–H groups in total. The van der Waals surface area contributed by atoms with Crippen LogP contribution < -0.4 is 0 Å². The van der Waals surface area contributed by atoms with Crippen molar-refractivity contribution >= 4 is 12.8 Å². The van der Waals surface area contributed by atoms with Crippen LogP contribution in [0, 0.1) is 0 Å². The summed E-state index contributed by atoms with van der Waals surface area (Å²) in [5.41, 5.74) is 0. The zero-order valence-corrected chi connectivity index (χ0v) is 11.0. The van der Waals surface area contributed by atoms with Crippen molar-refractivity contribution in [2.24, 2.45) is 0 Å². The molecule has 0 aliphatic heterocycles. The quantitative estimate of drug-likeness (QED) is 0.423. The summed E-state index contributed by atoms with van der Waals surface area (Å²) in [7, 11) is 0. The minimum Gasteiger partial charge on any atom is -0.395 e. The van der Waals surface area contributed by atoms with Gasteiger partial charge < -0.3 is 5.11 Å². The Balaban J connectivity index is 2.98. The van der Waals surface area contributed by atoms with Gasteiger partial charge in [0.2, 0.25) is 0 Å². The first-order chi connectivity index (χ1) is 7.31. The lowest BCUT2D eigenvalue weighted by molar-refractivity contribution is 0.261. The molecule has 0 aliphatic rings. The topological polar surface area (TPSA) is 23.5 Å². The van der Waals surface area contributed by atoms with Gasteiger partial charge in [-0.1, -0.05) is 64.7 Å². The number of aliphatic hydroxyl groups excluding tert-OH is 1. The van der Waals surface area contributed by atoms with E-state index < -0.39 is 0 Å². The van der Waals surface area contributed by atoms with Crippen molar-refractivity contribution in [3.8, 4) is 0 Å². The molecule has 0 aromatic rings. The molecule has 2 nitrogen and oxygen atoms in total. The Kier molecular flexibility index (Phi) is 12.6. The van der Waals surface area contributed by atoms with E-state index in [1.165, 1.54) is 51.4 Å². The molecule has 0 aromatic carbocycles. The predicted octanol–water partition coefficient (Wildman–Crippen LogP) is 3.27. The lowest BCUT2D eigenvalue weighted by Gasteiger charge is -2.12. The van der Waals surface area contributed by atoms with Crippen LogP contribution in [0.5, 0.6) is 0 Å². The van der Waals surface area contributed by atoms with E-state index in [0.717, 1.165) is 6.54 Å². The van der Waals surface area contributed by atoms with E-state index in [-0.39, 0.29) is 6.61 Å². The summed E-state index contributed by atoms with van der Waals surface area (Å²) in [6, 6.07) is 0. The highest BCUT2D eigenvalue weighted by molar-refractivity contribution is 7.77.